The number of carbonyl (C=O) groups excluding carboxylic acids is 2. The van der Waals surface area contributed by atoms with Crippen molar-refractivity contribution < 1.29 is 34.5 Å². The number of carbonyl (C=O) groups is 4. The van der Waals surface area contributed by atoms with Crippen LogP contribution in [0, 0.1) is 0 Å². The van der Waals surface area contributed by atoms with E-state index in [4.69, 9.17) is 15.9 Å². The molecule has 0 aromatic heterocycles. The van der Waals surface area contributed by atoms with Crippen LogP contribution in [0.2, 0.25) is 0 Å². The number of hydrogen-bond donors (Lipinski definition) is 6. The van der Waals surface area contributed by atoms with E-state index >= 15 is 0 Å². The SMILES string of the molecule is NC(Cc1ccc(O)cc1)C(=O)NCC(=O)NC(CCC(=O)O)C(=O)O. The van der Waals surface area contributed by atoms with E-state index in [0.29, 0.717) is 0 Å². The van der Waals surface area contributed by atoms with Gasteiger partial charge in [-0.15, -0.1) is 0 Å². The van der Waals surface area contributed by atoms with Gasteiger partial charge in [-0.1, -0.05) is 12.1 Å². The van der Waals surface area contributed by atoms with E-state index in [1.807, 2.05) is 0 Å². The van der Waals surface area contributed by atoms with Gasteiger partial charge in [-0.3, -0.25) is 14.4 Å². The van der Waals surface area contributed by atoms with Crippen LogP contribution in [0.25, 0.3) is 0 Å². The van der Waals surface area contributed by atoms with Crippen molar-refractivity contribution in [3.8, 4) is 5.75 Å². The number of phenols is 1. The lowest BCUT2D eigenvalue weighted by Gasteiger charge is -2.15. The molecular weight excluding hydrogens is 346 g/mol. The summed E-state index contributed by atoms with van der Waals surface area (Å²) in [5.41, 5.74) is 6.46. The average molecular weight is 367 g/mol. The Morgan fingerprint density at radius 3 is 2.23 bits per heavy atom. The molecule has 2 amide bonds. The van der Waals surface area contributed by atoms with Crippen molar-refractivity contribution in [3.05, 3.63) is 29.8 Å². The summed E-state index contributed by atoms with van der Waals surface area (Å²) in [5.74, 6) is -3.84. The Morgan fingerprint density at radius 1 is 1.08 bits per heavy atom. The fourth-order valence-corrected chi connectivity index (χ4v) is 2.05. The molecule has 10 heteroatoms. The molecule has 10 nitrogen and oxygen atoms in total. The zero-order chi connectivity index (χ0) is 19.7. The maximum absolute atomic E-state index is 11.9. The van der Waals surface area contributed by atoms with Crippen LogP contribution in [0.15, 0.2) is 24.3 Å². The molecule has 2 unspecified atom stereocenters. The minimum Gasteiger partial charge on any atom is -0.508 e. The van der Waals surface area contributed by atoms with E-state index in [9.17, 15) is 24.3 Å². The lowest BCUT2D eigenvalue weighted by molar-refractivity contribution is -0.143. The molecule has 142 valence electrons. The molecule has 0 aliphatic heterocycles. The summed E-state index contributed by atoms with van der Waals surface area (Å²) in [6.07, 6.45) is -0.504. The number of nitrogens with one attached hydrogen (secondary N) is 2. The van der Waals surface area contributed by atoms with Gasteiger partial charge in [0.25, 0.3) is 0 Å². The molecule has 0 saturated heterocycles. The second-order valence-corrected chi connectivity index (χ2v) is 5.59. The quantitative estimate of drug-likeness (QED) is 0.299. The van der Waals surface area contributed by atoms with Crippen LogP contribution in [-0.4, -0.2) is 57.7 Å². The standard InChI is InChI=1S/C16H21N3O7/c17-11(7-9-1-3-10(20)4-2-9)15(24)18-8-13(21)19-12(16(25)26)5-6-14(22)23/h1-4,11-12,20H,5-8,17H2,(H,18,24)(H,19,21)(H,22,23)(H,25,26). The number of carboxylic acid groups (broad SMARTS) is 2. The molecule has 0 radical (unpaired) electrons. The molecule has 0 bridgehead atoms. The fourth-order valence-electron chi connectivity index (χ4n) is 2.05. The highest BCUT2D eigenvalue weighted by molar-refractivity contribution is 5.89. The first-order valence-electron chi connectivity index (χ1n) is 7.74. The van der Waals surface area contributed by atoms with Gasteiger partial charge in [-0.05, 0) is 30.5 Å². The Kier molecular flexibility index (Phi) is 8.03. The topological polar surface area (TPSA) is 179 Å². The van der Waals surface area contributed by atoms with Crippen LogP contribution in [0.1, 0.15) is 18.4 Å². The largest absolute Gasteiger partial charge is 0.508 e. The predicted molar refractivity (Wildman–Crippen MR) is 89.2 cm³/mol. The second-order valence-electron chi connectivity index (χ2n) is 5.59. The third-order valence-electron chi connectivity index (χ3n) is 3.43. The average Bonchev–Trinajstić information content (AvgIpc) is 2.57. The van der Waals surface area contributed by atoms with Crippen LogP contribution >= 0.6 is 0 Å². The van der Waals surface area contributed by atoms with Crippen LogP contribution in [0.4, 0.5) is 0 Å². The molecule has 2 atom stereocenters. The minimum atomic E-state index is -1.37. The number of nitrogens with two attached hydrogens (primary N) is 1. The summed E-state index contributed by atoms with van der Waals surface area (Å²) in [6.45, 7) is -0.487. The van der Waals surface area contributed by atoms with E-state index in [-0.39, 0.29) is 18.6 Å². The number of aromatic hydroxyl groups is 1. The third kappa shape index (κ3) is 7.62. The van der Waals surface area contributed by atoms with Gasteiger partial charge in [0.1, 0.15) is 11.8 Å². The molecule has 26 heavy (non-hydrogen) atoms. The Morgan fingerprint density at radius 2 is 1.69 bits per heavy atom. The smallest absolute Gasteiger partial charge is 0.326 e. The van der Waals surface area contributed by atoms with Crippen molar-refractivity contribution in [3.63, 3.8) is 0 Å². The zero-order valence-electron chi connectivity index (χ0n) is 13.8. The monoisotopic (exact) mass is 367 g/mol. The molecule has 0 aliphatic rings. The Bertz CT molecular complexity index is 660. The fraction of sp³-hybridized carbons (Fsp3) is 0.375. The van der Waals surface area contributed by atoms with Crippen molar-refractivity contribution in [2.75, 3.05) is 6.54 Å². The maximum atomic E-state index is 11.9. The lowest BCUT2D eigenvalue weighted by atomic mass is 10.1. The van der Waals surface area contributed by atoms with Gasteiger partial charge in [0, 0.05) is 6.42 Å². The van der Waals surface area contributed by atoms with E-state index in [1.165, 1.54) is 12.1 Å². The number of aliphatic carboxylic acids is 2. The number of carboxylic acids is 2. The highest BCUT2D eigenvalue weighted by Gasteiger charge is 2.21. The summed E-state index contributed by atoms with van der Waals surface area (Å²) >= 11 is 0. The summed E-state index contributed by atoms with van der Waals surface area (Å²) in [5, 5.41) is 31.1. The molecule has 1 rings (SSSR count). The van der Waals surface area contributed by atoms with Crippen LogP contribution in [0.3, 0.4) is 0 Å². The van der Waals surface area contributed by atoms with Crippen LogP contribution < -0.4 is 16.4 Å². The normalized spacial score (nSPS) is 12.7. The molecular formula is C16H21N3O7. The number of benzene rings is 1. The van der Waals surface area contributed by atoms with Crippen molar-refractivity contribution in [2.45, 2.75) is 31.3 Å². The summed E-state index contributed by atoms with van der Waals surface area (Å²) in [7, 11) is 0. The first kappa shape index (κ1) is 20.9. The van der Waals surface area contributed by atoms with Crippen molar-refractivity contribution in [1.82, 2.24) is 10.6 Å². The first-order chi connectivity index (χ1) is 12.2. The van der Waals surface area contributed by atoms with Crippen LogP contribution in [-0.2, 0) is 25.6 Å². The number of rotatable bonds is 10. The maximum Gasteiger partial charge on any atom is 0.326 e. The van der Waals surface area contributed by atoms with Crippen LogP contribution in [0.5, 0.6) is 5.75 Å². The molecule has 0 fully saturated rings. The molecule has 0 saturated carbocycles. The number of phenolic OH excluding ortho intramolecular Hbond substituents is 1. The highest BCUT2D eigenvalue weighted by Crippen LogP contribution is 2.10. The molecule has 1 aromatic rings. The lowest BCUT2D eigenvalue weighted by Crippen LogP contribution is -2.49. The van der Waals surface area contributed by atoms with Crippen molar-refractivity contribution in [1.29, 1.82) is 0 Å². The Hall–Kier alpha value is -3.14. The van der Waals surface area contributed by atoms with Gasteiger partial charge in [0.2, 0.25) is 11.8 Å². The van der Waals surface area contributed by atoms with E-state index in [1.54, 1.807) is 12.1 Å². The van der Waals surface area contributed by atoms with E-state index < -0.39 is 48.8 Å². The first-order valence-corrected chi connectivity index (χ1v) is 7.74. The molecule has 1 aromatic carbocycles. The van der Waals surface area contributed by atoms with Gasteiger partial charge in [0.05, 0.1) is 12.6 Å². The molecule has 0 heterocycles. The highest BCUT2D eigenvalue weighted by atomic mass is 16.4. The van der Waals surface area contributed by atoms with Crippen molar-refractivity contribution >= 4 is 23.8 Å². The van der Waals surface area contributed by atoms with Gasteiger partial charge in [0.15, 0.2) is 0 Å². The molecule has 0 aliphatic carbocycles. The molecule has 7 N–H and O–H groups in total. The Labute approximate surface area is 149 Å². The zero-order valence-corrected chi connectivity index (χ0v) is 13.8. The predicted octanol–water partition coefficient (Wildman–Crippen LogP) is -1.19. The number of amides is 2. The summed E-state index contributed by atoms with van der Waals surface area (Å²) in [6, 6.07) is 3.83. The summed E-state index contributed by atoms with van der Waals surface area (Å²) < 4.78 is 0. The second kappa shape index (κ2) is 9.99. The van der Waals surface area contributed by atoms with Crippen molar-refractivity contribution in [2.24, 2.45) is 5.73 Å². The third-order valence-corrected chi connectivity index (χ3v) is 3.43. The van der Waals surface area contributed by atoms with Gasteiger partial charge in [-0.2, -0.15) is 0 Å². The molecule has 0 spiro atoms. The number of hydrogen-bond acceptors (Lipinski definition) is 6. The van der Waals surface area contributed by atoms with E-state index in [0.717, 1.165) is 5.56 Å². The Balaban J connectivity index is 2.44. The van der Waals surface area contributed by atoms with Gasteiger partial charge < -0.3 is 31.7 Å². The summed E-state index contributed by atoms with van der Waals surface area (Å²) in [4.78, 5) is 45.1. The van der Waals surface area contributed by atoms with E-state index in [2.05, 4.69) is 10.6 Å². The minimum absolute atomic E-state index is 0.0827. The van der Waals surface area contributed by atoms with Gasteiger partial charge in [-0.25, -0.2) is 4.79 Å². The van der Waals surface area contributed by atoms with Gasteiger partial charge >= 0.3 is 11.9 Å².